The lowest BCUT2D eigenvalue weighted by molar-refractivity contribution is 0.235. The number of benzene rings is 2. The molecule has 0 fully saturated rings. The van der Waals surface area contributed by atoms with Crippen LogP contribution in [0.15, 0.2) is 58.0 Å². The third-order valence-electron chi connectivity index (χ3n) is 4.48. The van der Waals surface area contributed by atoms with Crippen molar-refractivity contribution >= 4 is 17.6 Å². The highest BCUT2D eigenvalue weighted by atomic mass is 35.5. The SMILES string of the molecule is CCNC(=NCc1nc(-c2cccc(Cl)c2)no1)NCC1Cc2ccccc2O1. The Hall–Kier alpha value is -3.06. The Morgan fingerprint density at radius 2 is 2.10 bits per heavy atom. The van der Waals surface area contributed by atoms with E-state index in [4.69, 9.17) is 20.9 Å². The van der Waals surface area contributed by atoms with E-state index in [2.05, 4.69) is 31.8 Å². The molecule has 0 amide bonds. The molecule has 4 rings (SSSR count). The first-order chi connectivity index (χ1) is 14.2. The summed E-state index contributed by atoms with van der Waals surface area (Å²) in [6, 6.07) is 15.5. The number of fused-ring (bicyclic) bond motifs is 1. The molecular weight excluding hydrogens is 390 g/mol. The highest BCUT2D eigenvalue weighted by molar-refractivity contribution is 6.30. The highest BCUT2D eigenvalue weighted by Crippen LogP contribution is 2.27. The van der Waals surface area contributed by atoms with Crippen molar-refractivity contribution in [3.05, 3.63) is 65.0 Å². The number of hydrogen-bond acceptors (Lipinski definition) is 5. The summed E-state index contributed by atoms with van der Waals surface area (Å²) in [6.45, 7) is 3.69. The predicted molar refractivity (Wildman–Crippen MR) is 112 cm³/mol. The number of ether oxygens (including phenoxy) is 1. The Morgan fingerprint density at radius 1 is 1.21 bits per heavy atom. The molecule has 29 heavy (non-hydrogen) atoms. The third kappa shape index (κ3) is 4.86. The van der Waals surface area contributed by atoms with Crippen LogP contribution in [0.1, 0.15) is 18.4 Å². The Bertz CT molecular complexity index is 979. The van der Waals surface area contributed by atoms with Crippen molar-refractivity contribution in [1.82, 2.24) is 20.8 Å². The van der Waals surface area contributed by atoms with Crippen molar-refractivity contribution in [3.8, 4) is 17.1 Å². The zero-order valence-electron chi connectivity index (χ0n) is 16.1. The van der Waals surface area contributed by atoms with E-state index >= 15 is 0 Å². The van der Waals surface area contributed by atoms with Gasteiger partial charge in [-0.25, -0.2) is 4.99 Å². The Morgan fingerprint density at radius 3 is 2.93 bits per heavy atom. The second-order valence-corrected chi connectivity index (χ2v) is 7.09. The van der Waals surface area contributed by atoms with Crippen LogP contribution in [0.2, 0.25) is 5.02 Å². The number of aromatic nitrogens is 2. The normalized spacial score (nSPS) is 15.7. The quantitative estimate of drug-likeness (QED) is 0.477. The molecule has 0 saturated heterocycles. The molecule has 1 atom stereocenters. The number of halogens is 1. The smallest absolute Gasteiger partial charge is 0.248 e. The zero-order chi connectivity index (χ0) is 20.1. The maximum atomic E-state index is 6.02. The molecule has 2 heterocycles. The lowest BCUT2D eigenvalue weighted by Crippen LogP contribution is -2.42. The summed E-state index contributed by atoms with van der Waals surface area (Å²) in [6.07, 6.45) is 0.962. The van der Waals surface area contributed by atoms with E-state index in [1.54, 1.807) is 12.1 Å². The minimum absolute atomic E-state index is 0.0779. The van der Waals surface area contributed by atoms with Crippen LogP contribution in [0.4, 0.5) is 0 Å². The number of aliphatic imine (C=N–C) groups is 1. The summed E-state index contributed by atoms with van der Waals surface area (Å²) in [5, 5.41) is 11.2. The first kappa shape index (κ1) is 19.3. The average Bonchev–Trinajstić information content (AvgIpc) is 3.37. The van der Waals surface area contributed by atoms with Crippen LogP contribution in [0, 0.1) is 0 Å². The largest absolute Gasteiger partial charge is 0.488 e. The van der Waals surface area contributed by atoms with E-state index in [0.717, 1.165) is 24.3 Å². The summed E-state index contributed by atoms with van der Waals surface area (Å²) in [7, 11) is 0. The van der Waals surface area contributed by atoms with Gasteiger partial charge in [-0.3, -0.25) is 0 Å². The van der Waals surface area contributed by atoms with Crippen LogP contribution < -0.4 is 15.4 Å². The van der Waals surface area contributed by atoms with Gasteiger partial charge in [0.1, 0.15) is 18.4 Å². The molecule has 0 aliphatic carbocycles. The molecule has 150 valence electrons. The van der Waals surface area contributed by atoms with Gasteiger partial charge in [-0.1, -0.05) is 47.1 Å². The summed E-state index contributed by atoms with van der Waals surface area (Å²) in [5.41, 5.74) is 2.04. The molecule has 0 saturated carbocycles. The van der Waals surface area contributed by atoms with Gasteiger partial charge in [-0.15, -0.1) is 0 Å². The van der Waals surface area contributed by atoms with Crippen LogP contribution in [-0.4, -0.2) is 35.3 Å². The summed E-state index contributed by atoms with van der Waals surface area (Å²) < 4.78 is 11.3. The van der Waals surface area contributed by atoms with E-state index in [0.29, 0.717) is 29.2 Å². The second-order valence-electron chi connectivity index (χ2n) is 6.65. The maximum Gasteiger partial charge on any atom is 0.248 e. The van der Waals surface area contributed by atoms with Gasteiger partial charge in [-0.05, 0) is 30.7 Å². The van der Waals surface area contributed by atoms with E-state index in [1.165, 1.54) is 5.56 Å². The lowest BCUT2D eigenvalue weighted by atomic mass is 10.1. The van der Waals surface area contributed by atoms with Gasteiger partial charge in [-0.2, -0.15) is 4.98 Å². The number of hydrogen-bond donors (Lipinski definition) is 2. The topological polar surface area (TPSA) is 84.6 Å². The Labute approximate surface area is 174 Å². The predicted octanol–water partition coefficient (Wildman–Crippen LogP) is 3.45. The number of nitrogens with zero attached hydrogens (tertiary/aromatic N) is 3. The first-order valence-corrected chi connectivity index (χ1v) is 9.94. The molecule has 0 radical (unpaired) electrons. The van der Waals surface area contributed by atoms with Gasteiger partial charge in [0.2, 0.25) is 11.7 Å². The van der Waals surface area contributed by atoms with Gasteiger partial charge < -0.3 is 19.9 Å². The van der Waals surface area contributed by atoms with E-state index < -0.39 is 0 Å². The fourth-order valence-electron chi connectivity index (χ4n) is 3.13. The average molecular weight is 412 g/mol. The van der Waals surface area contributed by atoms with E-state index in [-0.39, 0.29) is 12.6 Å². The molecule has 3 aromatic rings. The van der Waals surface area contributed by atoms with Crippen molar-refractivity contribution in [1.29, 1.82) is 0 Å². The molecule has 1 unspecified atom stereocenters. The summed E-state index contributed by atoms with van der Waals surface area (Å²) in [4.78, 5) is 8.93. The van der Waals surface area contributed by atoms with Gasteiger partial charge in [0.25, 0.3) is 0 Å². The van der Waals surface area contributed by atoms with Crippen LogP contribution >= 0.6 is 11.6 Å². The summed E-state index contributed by atoms with van der Waals surface area (Å²) in [5.74, 6) is 2.56. The second kappa shape index (κ2) is 8.96. The molecule has 1 aliphatic rings. The van der Waals surface area contributed by atoms with Crippen LogP contribution in [-0.2, 0) is 13.0 Å². The third-order valence-corrected chi connectivity index (χ3v) is 4.71. The number of nitrogens with one attached hydrogen (secondary N) is 2. The molecule has 7 nitrogen and oxygen atoms in total. The zero-order valence-corrected chi connectivity index (χ0v) is 16.8. The minimum Gasteiger partial charge on any atom is -0.488 e. The molecule has 1 aromatic heterocycles. The Balaban J connectivity index is 1.35. The van der Waals surface area contributed by atoms with E-state index in [1.807, 2.05) is 37.3 Å². The standard InChI is InChI=1S/C21H22ClN5O2/c1-2-23-21(24-12-17-11-14-6-3-4-9-18(14)28-17)25-13-19-26-20(27-29-19)15-7-5-8-16(22)10-15/h3-10,17H,2,11-13H2,1H3,(H2,23,24,25). The van der Waals surface area contributed by atoms with Crippen molar-refractivity contribution in [3.63, 3.8) is 0 Å². The number of rotatable bonds is 6. The lowest BCUT2D eigenvalue weighted by Gasteiger charge is -2.15. The van der Waals surface area contributed by atoms with E-state index in [9.17, 15) is 0 Å². The molecule has 0 spiro atoms. The first-order valence-electron chi connectivity index (χ1n) is 9.56. The van der Waals surface area contributed by atoms with Crippen molar-refractivity contribution < 1.29 is 9.26 Å². The molecule has 0 bridgehead atoms. The van der Waals surface area contributed by atoms with Crippen molar-refractivity contribution in [2.24, 2.45) is 4.99 Å². The molecule has 1 aliphatic heterocycles. The number of guanidine groups is 1. The minimum atomic E-state index is 0.0779. The van der Waals surface area contributed by atoms with Crippen LogP contribution in [0.3, 0.4) is 0 Å². The van der Waals surface area contributed by atoms with Crippen LogP contribution in [0.5, 0.6) is 5.75 Å². The molecule has 2 aromatic carbocycles. The van der Waals surface area contributed by atoms with Crippen LogP contribution in [0.25, 0.3) is 11.4 Å². The molecule has 8 heteroatoms. The van der Waals surface area contributed by atoms with Crippen molar-refractivity contribution in [2.45, 2.75) is 26.0 Å². The maximum absolute atomic E-state index is 6.02. The monoisotopic (exact) mass is 411 g/mol. The van der Waals surface area contributed by atoms with Gasteiger partial charge in [0.05, 0.1) is 6.54 Å². The van der Waals surface area contributed by atoms with Crippen molar-refractivity contribution in [2.75, 3.05) is 13.1 Å². The van der Waals surface area contributed by atoms with Gasteiger partial charge in [0, 0.05) is 23.6 Å². The molecular formula is C21H22ClN5O2. The number of para-hydroxylation sites is 1. The molecule has 2 N–H and O–H groups in total. The summed E-state index contributed by atoms with van der Waals surface area (Å²) >= 11 is 6.02. The van der Waals surface area contributed by atoms with Gasteiger partial charge >= 0.3 is 0 Å². The Kier molecular flexibility index (Phi) is 5.95. The fraction of sp³-hybridized carbons (Fsp3) is 0.286. The highest BCUT2D eigenvalue weighted by Gasteiger charge is 2.22. The van der Waals surface area contributed by atoms with Gasteiger partial charge in [0.15, 0.2) is 5.96 Å². The fourth-order valence-corrected chi connectivity index (χ4v) is 3.32.